The van der Waals surface area contributed by atoms with E-state index < -0.39 is 23.2 Å². The minimum absolute atomic E-state index is 0.0431. The van der Waals surface area contributed by atoms with Gasteiger partial charge in [-0.1, -0.05) is 0 Å². The van der Waals surface area contributed by atoms with Gasteiger partial charge >= 0.3 is 5.69 Å². The molecule has 1 aromatic heterocycles. The van der Waals surface area contributed by atoms with Crippen LogP contribution >= 0.6 is 0 Å². The molecular formula is C18H20N4O5. The molecule has 1 saturated heterocycles. The average Bonchev–Trinajstić information content (AvgIpc) is 3.03. The van der Waals surface area contributed by atoms with Crippen LogP contribution in [-0.2, 0) is 18.9 Å². The zero-order valence-corrected chi connectivity index (χ0v) is 15.3. The van der Waals surface area contributed by atoms with Crippen molar-refractivity contribution in [1.29, 1.82) is 0 Å². The zero-order chi connectivity index (χ0) is 19.7. The fourth-order valence-electron chi connectivity index (χ4n) is 3.03. The molecule has 0 radical (unpaired) electrons. The summed E-state index contributed by atoms with van der Waals surface area (Å²) in [5.74, 6) is -0.00756. The molecule has 2 amide bonds. The molecule has 9 nitrogen and oxygen atoms in total. The van der Waals surface area contributed by atoms with Crippen LogP contribution in [0, 0.1) is 0 Å². The lowest BCUT2D eigenvalue weighted by molar-refractivity contribution is -0.117. The maximum atomic E-state index is 12.5. The van der Waals surface area contributed by atoms with Crippen LogP contribution in [0.25, 0.3) is 0 Å². The van der Waals surface area contributed by atoms with E-state index in [1.54, 1.807) is 36.3 Å². The highest BCUT2D eigenvalue weighted by Gasteiger charge is 2.32. The molecule has 1 aliphatic heterocycles. The second-order valence-corrected chi connectivity index (χ2v) is 6.35. The Kier molecular flexibility index (Phi) is 4.85. The standard InChI is InChI=1S/C18H20N4O5/c1-20-14(9-15(23)21(2)18(20)26)17(25)19-11-8-16(24)22(10-11)12-4-6-13(27-3)7-5-12/h4-7,9,11H,8,10H2,1-3H3,(H,19,25)/t11-/m0/s1. The first kappa shape index (κ1) is 18.4. The number of nitrogens with zero attached hydrogens (tertiary/aromatic N) is 3. The van der Waals surface area contributed by atoms with E-state index in [-0.39, 0.29) is 18.0 Å². The Balaban J connectivity index is 1.75. The number of rotatable bonds is 4. The van der Waals surface area contributed by atoms with Crippen LogP contribution in [-0.4, -0.2) is 40.6 Å². The second-order valence-electron chi connectivity index (χ2n) is 6.35. The summed E-state index contributed by atoms with van der Waals surface area (Å²) in [6.07, 6.45) is 0.135. The first-order valence-corrected chi connectivity index (χ1v) is 8.34. The molecule has 27 heavy (non-hydrogen) atoms. The van der Waals surface area contributed by atoms with Gasteiger partial charge in [0, 0.05) is 38.8 Å². The van der Waals surface area contributed by atoms with Gasteiger partial charge in [0.15, 0.2) is 0 Å². The minimum Gasteiger partial charge on any atom is -0.497 e. The summed E-state index contributed by atoms with van der Waals surface area (Å²) in [6, 6.07) is 7.73. The number of nitrogens with one attached hydrogen (secondary N) is 1. The molecule has 1 aliphatic rings. The van der Waals surface area contributed by atoms with Gasteiger partial charge in [-0.15, -0.1) is 0 Å². The van der Waals surface area contributed by atoms with Gasteiger partial charge in [-0.25, -0.2) is 4.79 Å². The van der Waals surface area contributed by atoms with Crippen molar-refractivity contribution >= 4 is 17.5 Å². The summed E-state index contributed by atoms with van der Waals surface area (Å²) in [7, 11) is 4.32. The van der Waals surface area contributed by atoms with Crippen LogP contribution in [0.2, 0.25) is 0 Å². The lowest BCUT2D eigenvalue weighted by atomic mass is 10.2. The number of anilines is 1. The van der Waals surface area contributed by atoms with E-state index in [4.69, 9.17) is 4.74 Å². The van der Waals surface area contributed by atoms with Gasteiger partial charge in [0.25, 0.3) is 11.5 Å². The fraction of sp³-hybridized carbons (Fsp3) is 0.333. The number of methoxy groups -OCH3 is 1. The summed E-state index contributed by atoms with van der Waals surface area (Å²) < 4.78 is 7.13. The van der Waals surface area contributed by atoms with Crippen molar-refractivity contribution in [3.05, 3.63) is 56.9 Å². The lowest BCUT2D eigenvalue weighted by Gasteiger charge is -2.18. The van der Waals surface area contributed by atoms with E-state index in [0.29, 0.717) is 18.0 Å². The maximum Gasteiger partial charge on any atom is 0.331 e. The third-order valence-corrected chi connectivity index (χ3v) is 4.60. The fourth-order valence-corrected chi connectivity index (χ4v) is 3.03. The molecule has 1 N–H and O–H groups in total. The predicted molar refractivity (Wildman–Crippen MR) is 98.1 cm³/mol. The summed E-state index contributed by atoms with van der Waals surface area (Å²) in [4.78, 5) is 50.2. The number of benzene rings is 1. The Morgan fingerprint density at radius 3 is 2.41 bits per heavy atom. The van der Waals surface area contributed by atoms with Crippen molar-refractivity contribution in [2.24, 2.45) is 14.1 Å². The molecule has 0 saturated carbocycles. The van der Waals surface area contributed by atoms with Crippen LogP contribution in [0.3, 0.4) is 0 Å². The largest absolute Gasteiger partial charge is 0.497 e. The Hall–Kier alpha value is -3.36. The number of amides is 2. The number of hydrogen-bond donors (Lipinski definition) is 1. The molecule has 2 aromatic rings. The highest BCUT2D eigenvalue weighted by Crippen LogP contribution is 2.24. The first-order chi connectivity index (χ1) is 12.8. The highest BCUT2D eigenvalue weighted by molar-refractivity contribution is 5.98. The van der Waals surface area contributed by atoms with Crippen LogP contribution in [0.1, 0.15) is 16.9 Å². The minimum atomic E-state index is -0.588. The normalized spacial score (nSPS) is 16.5. The van der Waals surface area contributed by atoms with Crippen molar-refractivity contribution in [1.82, 2.24) is 14.5 Å². The van der Waals surface area contributed by atoms with Gasteiger partial charge < -0.3 is 15.0 Å². The molecule has 1 fully saturated rings. The van der Waals surface area contributed by atoms with Crippen LogP contribution < -0.4 is 26.2 Å². The Morgan fingerprint density at radius 2 is 1.78 bits per heavy atom. The Bertz CT molecular complexity index is 1010. The molecule has 2 heterocycles. The van der Waals surface area contributed by atoms with Crippen LogP contribution in [0.15, 0.2) is 39.9 Å². The molecule has 9 heteroatoms. The molecular weight excluding hydrogens is 352 g/mol. The van der Waals surface area contributed by atoms with E-state index in [2.05, 4.69) is 5.32 Å². The third kappa shape index (κ3) is 3.48. The smallest absolute Gasteiger partial charge is 0.331 e. The summed E-state index contributed by atoms with van der Waals surface area (Å²) >= 11 is 0. The predicted octanol–water partition coefficient (Wildman–Crippen LogP) is -0.372. The van der Waals surface area contributed by atoms with Crippen molar-refractivity contribution in [2.45, 2.75) is 12.5 Å². The Morgan fingerprint density at radius 1 is 1.11 bits per heavy atom. The van der Waals surface area contributed by atoms with Gasteiger partial charge in [-0.2, -0.15) is 0 Å². The molecule has 0 spiro atoms. The topological polar surface area (TPSA) is 103 Å². The van der Waals surface area contributed by atoms with Crippen molar-refractivity contribution < 1.29 is 14.3 Å². The molecule has 0 unspecified atom stereocenters. The lowest BCUT2D eigenvalue weighted by Crippen LogP contribution is -2.43. The molecule has 0 aliphatic carbocycles. The van der Waals surface area contributed by atoms with Crippen molar-refractivity contribution in [3.8, 4) is 5.75 Å². The van der Waals surface area contributed by atoms with E-state index in [1.807, 2.05) is 0 Å². The monoisotopic (exact) mass is 372 g/mol. The molecule has 0 bridgehead atoms. The summed E-state index contributed by atoms with van der Waals surface area (Å²) in [6.45, 7) is 0.301. The SMILES string of the molecule is COc1ccc(N2C[C@@H](NC(=O)c3cc(=O)n(C)c(=O)n3C)CC2=O)cc1. The number of carbonyl (C=O) groups is 2. The number of carbonyl (C=O) groups excluding carboxylic acids is 2. The summed E-state index contributed by atoms with van der Waals surface area (Å²) in [5, 5.41) is 2.73. The van der Waals surface area contributed by atoms with Gasteiger partial charge in [-0.05, 0) is 24.3 Å². The van der Waals surface area contributed by atoms with Crippen LogP contribution in [0.5, 0.6) is 5.75 Å². The third-order valence-electron chi connectivity index (χ3n) is 4.60. The molecule has 1 atom stereocenters. The van der Waals surface area contributed by atoms with Crippen LogP contribution in [0.4, 0.5) is 5.69 Å². The summed E-state index contributed by atoms with van der Waals surface area (Å²) in [5.41, 5.74) is -0.488. The molecule has 1 aromatic carbocycles. The molecule has 3 rings (SSSR count). The number of aromatic nitrogens is 2. The highest BCUT2D eigenvalue weighted by atomic mass is 16.5. The second kappa shape index (κ2) is 7.10. The van der Waals surface area contributed by atoms with E-state index in [1.165, 1.54) is 14.1 Å². The molecule has 142 valence electrons. The number of hydrogen-bond acceptors (Lipinski definition) is 5. The number of ether oxygens (including phenoxy) is 1. The van der Waals surface area contributed by atoms with Gasteiger partial charge in [0.2, 0.25) is 5.91 Å². The maximum absolute atomic E-state index is 12.5. The van der Waals surface area contributed by atoms with E-state index >= 15 is 0 Å². The van der Waals surface area contributed by atoms with E-state index in [9.17, 15) is 19.2 Å². The Labute approximate surface area is 154 Å². The van der Waals surface area contributed by atoms with Gasteiger partial charge in [0.05, 0.1) is 13.2 Å². The van der Waals surface area contributed by atoms with E-state index in [0.717, 1.165) is 15.2 Å². The quantitative estimate of drug-likeness (QED) is 0.789. The van der Waals surface area contributed by atoms with Crippen molar-refractivity contribution in [3.63, 3.8) is 0 Å². The average molecular weight is 372 g/mol. The van der Waals surface area contributed by atoms with Gasteiger partial charge in [0.1, 0.15) is 11.4 Å². The van der Waals surface area contributed by atoms with Crippen molar-refractivity contribution in [2.75, 3.05) is 18.6 Å². The first-order valence-electron chi connectivity index (χ1n) is 8.34. The van der Waals surface area contributed by atoms with Gasteiger partial charge in [-0.3, -0.25) is 23.5 Å². The zero-order valence-electron chi connectivity index (χ0n) is 15.3.